The van der Waals surface area contributed by atoms with E-state index in [1.54, 1.807) is 0 Å². The molecule has 1 saturated carbocycles. The summed E-state index contributed by atoms with van der Waals surface area (Å²) >= 11 is 7.07. The molecule has 0 spiro atoms. The molecule has 1 heterocycles. The summed E-state index contributed by atoms with van der Waals surface area (Å²) in [5.74, 6) is -0.129. The van der Waals surface area contributed by atoms with Crippen LogP contribution in [0.1, 0.15) is 60.1 Å². The minimum Gasteiger partial charge on any atom is -0.320 e. The molecule has 1 amide bonds. The van der Waals surface area contributed by atoms with Gasteiger partial charge in [0.1, 0.15) is 0 Å². The van der Waals surface area contributed by atoms with Crippen molar-refractivity contribution in [3.63, 3.8) is 0 Å². The maximum atomic E-state index is 13.1. The van der Waals surface area contributed by atoms with E-state index < -0.39 is 22.7 Å². The summed E-state index contributed by atoms with van der Waals surface area (Å²) in [4.78, 5) is 18.5. The fraction of sp³-hybridized carbons (Fsp3) is 0.500. The number of aromatic nitrogens is 1. The van der Waals surface area contributed by atoms with E-state index in [1.165, 1.54) is 17.4 Å². The van der Waals surface area contributed by atoms with Crippen LogP contribution in [0.2, 0.25) is 5.02 Å². The number of amides is 1. The second-order valence-electron chi connectivity index (χ2n) is 8.21. The van der Waals surface area contributed by atoms with E-state index in [1.807, 2.05) is 11.5 Å². The Morgan fingerprint density at radius 1 is 1.29 bits per heavy atom. The van der Waals surface area contributed by atoms with E-state index in [9.17, 15) is 18.0 Å². The highest BCUT2D eigenvalue weighted by Crippen LogP contribution is 2.36. The second kappa shape index (κ2) is 7.34. The number of carbonyl (C=O) groups excluding carboxylic acids is 1. The van der Waals surface area contributed by atoms with Crippen LogP contribution in [-0.4, -0.2) is 10.5 Å². The molecular formula is C20H22ClF3N2OS. The van der Waals surface area contributed by atoms with Crippen LogP contribution in [0.15, 0.2) is 23.2 Å². The van der Waals surface area contributed by atoms with Crippen molar-refractivity contribution in [1.29, 1.82) is 0 Å². The summed E-state index contributed by atoms with van der Waals surface area (Å²) in [7, 11) is 0. The summed E-state index contributed by atoms with van der Waals surface area (Å²) in [6, 6.07) is 3.13. The minimum absolute atomic E-state index is 0.111. The standard InChI is InChI=1S/C20H22ClF3N2OS/c1-11-16(19(2,3)4)28-18(26(11)10-12-5-6-12)25-17(27)13-7-8-15(21)14(9-13)20(22,23)24/h7-9,12H,5-6,10H2,1-4H3/b25-18-. The molecule has 2 aromatic rings. The fourth-order valence-electron chi connectivity index (χ4n) is 3.07. The lowest BCUT2D eigenvalue weighted by atomic mass is 9.93. The van der Waals surface area contributed by atoms with Crippen LogP contribution in [0, 0.1) is 12.8 Å². The highest BCUT2D eigenvalue weighted by atomic mass is 35.5. The summed E-state index contributed by atoms with van der Waals surface area (Å²) < 4.78 is 41.3. The van der Waals surface area contributed by atoms with E-state index in [2.05, 4.69) is 25.8 Å². The lowest BCUT2D eigenvalue weighted by Gasteiger charge is -2.17. The minimum atomic E-state index is -4.63. The van der Waals surface area contributed by atoms with Gasteiger partial charge in [-0.2, -0.15) is 18.2 Å². The van der Waals surface area contributed by atoms with E-state index in [0.29, 0.717) is 10.7 Å². The molecule has 0 unspecified atom stereocenters. The largest absolute Gasteiger partial charge is 0.417 e. The number of rotatable bonds is 3. The number of carbonyl (C=O) groups is 1. The molecule has 0 saturated heterocycles. The number of benzene rings is 1. The third kappa shape index (κ3) is 4.51. The number of hydrogen-bond acceptors (Lipinski definition) is 2. The SMILES string of the molecule is Cc1c(C(C)(C)C)s/c(=N\C(=O)c2ccc(Cl)c(C(F)(F)F)c2)n1CC1CC1. The van der Waals surface area contributed by atoms with Gasteiger partial charge in [-0.3, -0.25) is 4.79 Å². The van der Waals surface area contributed by atoms with Gasteiger partial charge in [-0.15, -0.1) is 11.3 Å². The third-order valence-electron chi connectivity index (χ3n) is 4.69. The molecule has 152 valence electrons. The Bertz CT molecular complexity index is 979. The van der Waals surface area contributed by atoms with Crippen LogP contribution in [0.5, 0.6) is 0 Å². The molecule has 1 aromatic heterocycles. The average molecular weight is 431 g/mol. The quantitative estimate of drug-likeness (QED) is 0.589. The van der Waals surface area contributed by atoms with Crippen molar-refractivity contribution in [3.05, 3.63) is 49.7 Å². The van der Waals surface area contributed by atoms with Gasteiger partial charge in [0.15, 0.2) is 4.80 Å². The molecule has 1 aromatic carbocycles. The van der Waals surface area contributed by atoms with Crippen LogP contribution in [0.3, 0.4) is 0 Å². The number of thiazole rings is 1. The Balaban J connectivity index is 2.07. The van der Waals surface area contributed by atoms with Crippen molar-refractivity contribution in [1.82, 2.24) is 4.57 Å². The molecule has 0 atom stereocenters. The number of hydrogen-bond donors (Lipinski definition) is 0. The van der Waals surface area contributed by atoms with Crippen molar-refractivity contribution >= 4 is 28.8 Å². The summed E-state index contributed by atoms with van der Waals surface area (Å²) in [5.41, 5.74) is -0.208. The molecule has 1 aliphatic rings. The smallest absolute Gasteiger partial charge is 0.320 e. The molecule has 8 heteroatoms. The Labute approximate surface area is 170 Å². The van der Waals surface area contributed by atoms with Crippen molar-refractivity contribution in [2.24, 2.45) is 10.9 Å². The molecule has 0 bridgehead atoms. The first kappa shape index (κ1) is 21.1. The zero-order valence-corrected chi connectivity index (χ0v) is 17.7. The van der Waals surface area contributed by atoms with E-state index in [4.69, 9.17) is 11.6 Å². The van der Waals surface area contributed by atoms with Gasteiger partial charge in [-0.1, -0.05) is 32.4 Å². The highest BCUT2D eigenvalue weighted by molar-refractivity contribution is 7.09. The fourth-order valence-corrected chi connectivity index (χ4v) is 4.49. The first-order chi connectivity index (χ1) is 12.9. The molecule has 1 aliphatic carbocycles. The van der Waals surface area contributed by atoms with Crippen molar-refractivity contribution in [2.45, 2.75) is 58.7 Å². The van der Waals surface area contributed by atoms with Crippen LogP contribution < -0.4 is 4.80 Å². The Kier molecular flexibility index (Phi) is 5.53. The lowest BCUT2D eigenvalue weighted by Crippen LogP contribution is -2.20. The monoisotopic (exact) mass is 430 g/mol. The lowest BCUT2D eigenvalue weighted by molar-refractivity contribution is -0.137. The van der Waals surface area contributed by atoms with E-state index >= 15 is 0 Å². The predicted molar refractivity (Wildman–Crippen MR) is 105 cm³/mol. The van der Waals surface area contributed by atoms with Crippen molar-refractivity contribution < 1.29 is 18.0 Å². The van der Waals surface area contributed by atoms with Gasteiger partial charge < -0.3 is 4.57 Å². The molecule has 3 nitrogen and oxygen atoms in total. The van der Waals surface area contributed by atoms with Crippen LogP contribution in [0.4, 0.5) is 13.2 Å². The first-order valence-corrected chi connectivity index (χ1v) is 10.2. The van der Waals surface area contributed by atoms with E-state index in [0.717, 1.165) is 42.1 Å². The number of alkyl halides is 3. The van der Waals surface area contributed by atoms with E-state index in [-0.39, 0.29) is 11.0 Å². The van der Waals surface area contributed by atoms with Gasteiger partial charge in [0.05, 0.1) is 10.6 Å². The van der Waals surface area contributed by atoms with Gasteiger partial charge in [-0.05, 0) is 49.3 Å². The summed E-state index contributed by atoms with van der Waals surface area (Å²) in [6.07, 6.45) is -2.34. The average Bonchev–Trinajstić information content (AvgIpc) is 3.32. The molecule has 0 aliphatic heterocycles. The van der Waals surface area contributed by atoms with Crippen LogP contribution in [0.25, 0.3) is 0 Å². The van der Waals surface area contributed by atoms with Gasteiger partial charge in [0.2, 0.25) is 0 Å². The van der Waals surface area contributed by atoms with Gasteiger partial charge in [0, 0.05) is 22.7 Å². The first-order valence-electron chi connectivity index (χ1n) is 9.04. The zero-order valence-electron chi connectivity index (χ0n) is 16.2. The molecular weight excluding hydrogens is 409 g/mol. The zero-order chi connectivity index (χ0) is 20.9. The third-order valence-corrected chi connectivity index (χ3v) is 6.63. The number of nitrogens with zero attached hydrogens (tertiary/aromatic N) is 2. The normalized spacial score (nSPS) is 15.9. The summed E-state index contributed by atoms with van der Waals surface area (Å²) in [6.45, 7) is 9.06. The van der Waals surface area contributed by atoms with Crippen LogP contribution in [-0.2, 0) is 18.1 Å². The Hall–Kier alpha value is -1.60. The molecule has 28 heavy (non-hydrogen) atoms. The van der Waals surface area contributed by atoms with Gasteiger partial charge >= 0.3 is 6.18 Å². The Morgan fingerprint density at radius 2 is 1.93 bits per heavy atom. The molecule has 3 rings (SSSR count). The van der Waals surface area contributed by atoms with Crippen molar-refractivity contribution in [2.75, 3.05) is 0 Å². The topological polar surface area (TPSA) is 34.4 Å². The molecule has 0 radical (unpaired) electrons. The number of halogens is 4. The second-order valence-corrected chi connectivity index (χ2v) is 9.60. The van der Waals surface area contributed by atoms with Crippen molar-refractivity contribution in [3.8, 4) is 0 Å². The molecule has 0 N–H and O–H groups in total. The van der Waals surface area contributed by atoms with Crippen LogP contribution >= 0.6 is 22.9 Å². The molecule has 1 fully saturated rings. The highest BCUT2D eigenvalue weighted by Gasteiger charge is 2.34. The van der Waals surface area contributed by atoms with Gasteiger partial charge in [-0.25, -0.2) is 0 Å². The maximum absolute atomic E-state index is 13.1. The Morgan fingerprint density at radius 3 is 2.46 bits per heavy atom. The summed E-state index contributed by atoms with van der Waals surface area (Å²) in [5, 5.41) is -0.435. The maximum Gasteiger partial charge on any atom is 0.417 e. The van der Waals surface area contributed by atoms with Gasteiger partial charge in [0.25, 0.3) is 5.91 Å². The predicted octanol–water partition coefficient (Wildman–Crippen LogP) is 5.98.